The van der Waals surface area contributed by atoms with Crippen molar-refractivity contribution in [1.82, 2.24) is 0 Å². The number of carbonyl (C=O) groups excluding carboxylic acids is 1. The third kappa shape index (κ3) is 16.4. The van der Waals surface area contributed by atoms with Gasteiger partial charge < -0.3 is 6.26 Å². The Hall–Kier alpha value is 0.430. The van der Waals surface area contributed by atoms with E-state index < -0.39 is 0 Å². The summed E-state index contributed by atoms with van der Waals surface area (Å²) in [6.07, 6.45) is 14.6. The number of nitrogens with two attached hydrogens (primary N) is 1. The van der Waals surface area contributed by atoms with Gasteiger partial charge in [-0.1, -0.05) is 71.1 Å². The molecule has 0 fully saturated rings. The fraction of sp³-hybridized carbons (Fsp3) is 0.929. The smallest absolute Gasteiger partial charge is 1.00 e. The van der Waals surface area contributed by atoms with Gasteiger partial charge in [-0.15, -0.1) is 0 Å². The van der Waals surface area contributed by atoms with Gasteiger partial charge in [-0.2, -0.15) is 5.90 Å². The third-order valence-corrected chi connectivity index (χ3v) is 3.12. The molecule has 0 aromatic heterocycles. The fourth-order valence-corrected chi connectivity index (χ4v) is 1.99. The zero-order valence-corrected chi connectivity index (χ0v) is 14.4. The van der Waals surface area contributed by atoms with E-state index in [4.69, 9.17) is 5.90 Å². The molecular weight excluding hydrogens is 237 g/mol. The normalized spacial score (nSPS) is 9.89. The van der Waals surface area contributed by atoms with Crippen LogP contribution in [0.2, 0.25) is 0 Å². The zero-order valence-electron chi connectivity index (χ0n) is 13.4. The quantitative estimate of drug-likeness (QED) is 0.329. The Morgan fingerprint density at radius 3 is 1.67 bits per heavy atom. The Labute approximate surface area is 136 Å². The Morgan fingerprint density at radius 2 is 1.28 bits per heavy atom. The first-order chi connectivity index (χ1) is 8.31. The van der Waals surface area contributed by atoms with Crippen LogP contribution in [0.25, 0.3) is 0 Å². The van der Waals surface area contributed by atoms with Crippen molar-refractivity contribution in [2.24, 2.45) is 5.90 Å². The maximum Gasteiger partial charge on any atom is 1.00 e. The van der Waals surface area contributed by atoms with E-state index in [-0.39, 0.29) is 37.0 Å². The van der Waals surface area contributed by atoms with Crippen LogP contribution in [0, 0.1) is 0 Å². The van der Waals surface area contributed by atoms with Crippen molar-refractivity contribution >= 4 is 5.97 Å². The molecule has 0 aliphatic carbocycles. The first-order valence-corrected chi connectivity index (χ1v) is 7.20. The summed E-state index contributed by atoms with van der Waals surface area (Å²) in [5, 5.41) is 0. The molecule has 0 bridgehead atoms. The van der Waals surface area contributed by atoms with E-state index in [0.29, 0.717) is 6.42 Å². The Morgan fingerprint density at radius 1 is 0.889 bits per heavy atom. The van der Waals surface area contributed by atoms with Gasteiger partial charge in [0.05, 0.1) is 0 Å². The minimum Gasteiger partial charge on any atom is -1.00 e. The van der Waals surface area contributed by atoms with E-state index in [2.05, 4.69) is 11.8 Å². The molecule has 104 valence electrons. The molecule has 4 heteroatoms. The Balaban J connectivity index is -0.00000128. The van der Waals surface area contributed by atoms with Gasteiger partial charge in [0.15, 0.2) is 0 Å². The van der Waals surface area contributed by atoms with Crippen LogP contribution in [0.3, 0.4) is 0 Å². The third-order valence-electron chi connectivity index (χ3n) is 3.12. The van der Waals surface area contributed by atoms with E-state index >= 15 is 0 Å². The first kappa shape index (κ1) is 20.7. The van der Waals surface area contributed by atoms with Crippen LogP contribution in [-0.4, -0.2) is 5.97 Å². The molecule has 3 nitrogen and oxygen atoms in total. The Kier molecular flexibility index (Phi) is 20.1. The number of unbranched alkanes of at least 4 members (excludes halogenated alkanes) is 10. The van der Waals surface area contributed by atoms with Crippen molar-refractivity contribution in [2.75, 3.05) is 0 Å². The monoisotopic (exact) mass is 267 g/mol. The molecule has 0 aromatic carbocycles. The van der Waals surface area contributed by atoms with Crippen LogP contribution >= 0.6 is 0 Å². The molecular formula is C14H30NNaO2. The van der Waals surface area contributed by atoms with E-state index in [1.807, 2.05) is 0 Å². The molecule has 0 aromatic rings. The van der Waals surface area contributed by atoms with Crippen LogP contribution in [-0.2, 0) is 9.63 Å². The molecule has 0 saturated carbocycles. The summed E-state index contributed by atoms with van der Waals surface area (Å²) in [5.74, 6) is 4.46. The van der Waals surface area contributed by atoms with Crippen molar-refractivity contribution in [3.8, 4) is 0 Å². The van der Waals surface area contributed by atoms with Gasteiger partial charge in [0.2, 0.25) is 0 Å². The summed E-state index contributed by atoms with van der Waals surface area (Å²) in [7, 11) is 0. The van der Waals surface area contributed by atoms with Gasteiger partial charge in [-0.05, 0) is 6.42 Å². The molecule has 0 unspecified atom stereocenters. The molecule has 0 aliphatic rings. The average Bonchev–Trinajstić information content (AvgIpc) is 2.35. The fourth-order valence-electron chi connectivity index (χ4n) is 1.99. The van der Waals surface area contributed by atoms with Gasteiger partial charge in [0.25, 0.3) is 0 Å². The number of hydrogen-bond acceptors (Lipinski definition) is 3. The van der Waals surface area contributed by atoms with E-state index in [1.165, 1.54) is 57.8 Å². The number of rotatable bonds is 12. The number of hydrogen-bond donors (Lipinski definition) is 1. The zero-order chi connectivity index (χ0) is 12.8. The number of carbonyl (C=O) groups is 1. The summed E-state index contributed by atoms with van der Waals surface area (Å²) >= 11 is 0. The molecule has 2 N–H and O–H groups in total. The molecule has 0 atom stereocenters. The van der Waals surface area contributed by atoms with Crippen LogP contribution in [0.5, 0.6) is 0 Å². The molecule has 0 saturated heterocycles. The van der Waals surface area contributed by atoms with Crippen LogP contribution in [0.1, 0.15) is 85.4 Å². The predicted octanol–water partition coefficient (Wildman–Crippen LogP) is 1.22. The average molecular weight is 267 g/mol. The standard InChI is InChI=1S/C14H29NO2.Na.H/c1-2-3-4-5-6-7-8-9-10-11-12-13-14(16)17-15;;/h2-13,15H2,1H3;;/q;+1;-1. The van der Waals surface area contributed by atoms with Gasteiger partial charge in [-0.3, -0.25) is 4.79 Å². The topological polar surface area (TPSA) is 52.3 Å². The van der Waals surface area contributed by atoms with Crippen LogP contribution < -0.4 is 35.5 Å². The summed E-state index contributed by atoms with van der Waals surface area (Å²) in [6.45, 7) is 2.25. The molecule has 0 rings (SSSR count). The molecule has 0 amide bonds. The predicted molar refractivity (Wildman–Crippen MR) is 72.5 cm³/mol. The van der Waals surface area contributed by atoms with E-state index in [9.17, 15) is 4.79 Å². The largest absolute Gasteiger partial charge is 1.00 e. The summed E-state index contributed by atoms with van der Waals surface area (Å²) in [6, 6.07) is 0. The van der Waals surface area contributed by atoms with E-state index in [0.717, 1.165) is 12.8 Å². The van der Waals surface area contributed by atoms with Crippen LogP contribution in [0.4, 0.5) is 0 Å². The summed E-state index contributed by atoms with van der Waals surface area (Å²) in [5.41, 5.74) is 0. The molecule has 0 spiro atoms. The van der Waals surface area contributed by atoms with Crippen LogP contribution in [0.15, 0.2) is 0 Å². The second-order valence-electron chi connectivity index (χ2n) is 4.78. The van der Waals surface area contributed by atoms with Crippen molar-refractivity contribution in [1.29, 1.82) is 0 Å². The van der Waals surface area contributed by atoms with Gasteiger partial charge in [-0.25, -0.2) is 0 Å². The Bertz CT molecular complexity index is 183. The van der Waals surface area contributed by atoms with Crippen molar-refractivity contribution in [2.45, 2.75) is 84.0 Å². The van der Waals surface area contributed by atoms with E-state index in [1.54, 1.807) is 0 Å². The molecule has 18 heavy (non-hydrogen) atoms. The van der Waals surface area contributed by atoms with Crippen molar-refractivity contribution < 1.29 is 40.6 Å². The molecule has 0 aliphatic heterocycles. The minimum absolute atomic E-state index is 0. The van der Waals surface area contributed by atoms with Gasteiger partial charge in [0.1, 0.15) is 0 Å². The van der Waals surface area contributed by atoms with Crippen molar-refractivity contribution in [3.05, 3.63) is 0 Å². The maximum atomic E-state index is 10.7. The van der Waals surface area contributed by atoms with Gasteiger partial charge in [0, 0.05) is 6.42 Å². The summed E-state index contributed by atoms with van der Waals surface area (Å²) in [4.78, 5) is 14.8. The second-order valence-corrected chi connectivity index (χ2v) is 4.78. The van der Waals surface area contributed by atoms with Gasteiger partial charge >= 0.3 is 35.5 Å². The first-order valence-electron chi connectivity index (χ1n) is 7.20. The molecule has 0 radical (unpaired) electrons. The second kappa shape index (κ2) is 17.4. The maximum absolute atomic E-state index is 10.7. The SMILES string of the molecule is CCCCCCCCCCCCCC(=O)ON.[H-].[Na+]. The minimum atomic E-state index is -0.291. The summed E-state index contributed by atoms with van der Waals surface area (Å²) < 4.78 is 0. The van der Waals surface area contributed by atoms with Crippen molar-refractivity contribution in [3.63, 3.8) is 0 Å². The molecule has 0 heterocycles.